The SMILES string of the molecule is O=c1cc(-c2ccccc2)[nH]n1-c1ccc(OCCCCl)cc1. The second-order valence-corrected chi connectivity index (χ2v) is 5.47. The molecule has 0 atom stereocenters. The van der Waals surface area contributed by atoms with E-state index in [1.54, 1.807) is 6.07 Å². The van der Waals surface area contributed by atoms with Crippen LogP contribution in [0.25, 0.3) is 16.9 Å². The number of nitrogens with zero attached hydrogens (tertiary/aromatic N) is 1. The Bertz CT molecular complexity index is 807. The van der Waals surface area contributed by atoms with Crippen molar-refractivity contribution in [2.24, 2.45) is 0 Å². The number of ether oxygens (including phenoxy) is 1. The highest BCUT2D eigenvalue weighted by Crippen LogP contribution is 2.17. The molecule has 0 radical (unpaired) electrons. The number of hydrogen-bond acceptors (Lipinski definition) is 2. The summed E-state index contributed by atoms with van der Waals surface area (Å²) in [4.78, 5) is 12.2. The van der Waals surface area contributed by atoms with Crippen LogP contribution in [0.2, 0.25) is 0 Å². The van der Waals surface area contributed by atoms with E-state index in [0.717, 1.165) is 29.1 Å². The molecule has 1 aromatic heterocycles. The Kier molecular flexibility index (Phi) is 4.83. The normalized spacial score (nSPS) is 10.7. The molecule has 2 aromatic carbocycles. The summed E-state index contributed by atoms with van der Waals surface area (Å²) in [5, 5.41) is 3.13. The van der Waals surface area contributed by atoms with E-state index in [4.69, 9.17) is 16.3 Å². The second kappa shape index (κ2) is 7.20. The van der Waals surface area contributed by atoms with Crippen molar-refractivity contribution in [1.82, 2.24) is 9.78 Å². The number of aromatic amines is 1. The molecule has 0 aliphatic carbocycles. The van der Waals surface area contributed by atoms with E-state index in [-0.39, 0.29) is 5.56 Å². The van der Waals surface area contributed by atoms with Gasteiger partial charge in [-0.3, -0.25) is 9.89 Å². The van der Waals surface area contributed by atoms with Crippen LogP contribution in [-0.4, -0.2) is 22.3 Å². The fourth-order valence-corrected chi connectivity index (χ4v) is 2.40. The molecule has 1 N–H and O–H groups in total. The molecule has 0 amide bonds. The van der Waals surface area contributed by atoms with Gasteiger partial charge in [0.1, 0.15) is 5.75 Å². The minimum atomic E-state index is -0.0975. The molecule has 0 fully saturated rings. The zero-order chi connectivity index (χ0) is 16.1. The van der Waals surface area contributed by atoms with Crippen molar-refractivity contribution in [1.29, 1.82) is 0 Å². The van der Waals surface area contributed by atoms with Gasteiger partial charge in [0.2, 0.25) is 0 Å². The number of halogens is 1. The molecule has 118 valence electrons. The predicted octanol–water partition coefficient (Wildman–Crippen LogP) is 3.84. The maximum Gasteiger partial charge on any atom is 0.271 e. The van der Waals surface area contributed by atoms with Gasteiger partial charge in [-0.05, 0) is 36.2 Å². The Morgan fingerprint density at radius 1 is 1.04 bits per heavy atom. The minimum absolute atomic E-state index is 0.0975. The minimum Gasteiger partial charge on any atom is -0.494 e. The van der Waals surface area contributed by atoms with Gasteiger partial charge in [-0.1, -0.05) is 30.3 Å². The first-order chi connectivity index (χ1) is 11.3. The van der Waals surface area contributed by atoms with Gasteiger partial charge in [0.15, 0.2) is 0 Å². The van der Waals surface area contributed by atoms with Crippen LogP contribution >= 0.6 is 11.6 Å². The zero-order valence-electron chi connectivity index (χ0n) is 12.5. The van der Waals surface area contributed by atoms with Crippen LogP contribution in [0.5, 0.6) is 5.75 Å². The van der Waals surface area contributed by atoms with Gasteiger partial charge in [0.25, 0.3) is 5.56 Å². The summed E-state index contributed by atoms with van der Waals surface area (Å²) in [6.07, 6.45) is 0.805. The maximum atomic E-state index is 12.2. The Hall–Kier alpha value is -2.46. The molecule has 0 aliphatic heterocycles. The third-order valence-electron chi connectivity index (χ3n) is 3.45. The number of aromatic nitrogens is 2. The number of nitrogens with one attached hydrogen (secondary N) is 1. The summed E-state index contributed by atoms with van der Waals surface area (Å²) < 4.78 is 7.08. The van der Waals surface area contributed by atoms with Gasteiger partial charge in [0.05, 0.1) is 18.0 Å². The first kappa shape index (κ1) is 15.4. The van der Waals surface area contributed by atoms with Crippen molar-refractivity contribution < 1.29 is 4.74 Å². The van der Waals surface area contributed by atoms with Gasteiger partial charge in [-0.2, -0.15) is 0 Å². The van der Waals surface area contributed by atoms with Crippen molar-refractivity contribution in [3.63, 3.8) is 0 Å². The van der Waals surface area contributed by atoms with Crippen LogP contribution in [0.1, 0.15) is 6.42 Å². The van der Waals surface area contributed by atoms with Crippen molar-refractivity contribution in [2.45, 2.75) is 6.42 Å². The fraction of sp³-hybridized carbons (Fsp3) is 0.167. The Labute approximate surface area is 139 Å². The van der Waals surface area contributed by atoms with Crippen molar-refractivity contribution in [3.8, 4) is 22.7 Å². The molecule has 0 unspecified atom stereocenters. The average molecular weight is 329 g/mol. The first-order valence-electron chi connectivity index (χ1n) is 7.44. The Morgan fingerprint density at radius 2 is 1.78 bits per heavy atom. The summed E-state index contributed by atoms with van der Waals surface area (Å²) in [7, 11) is 0. The van der Waals surface area contributed by atoms with E-state index in [1.165, 1.54) is 4.68 Å². The number of H-pyrrole nitrogens is 1. The molecule has 0 saturated carbocycles. The molecule has 5 heteroatoms. The van der Waals surface area contributed by atoms with Gasteiger partial charge in [0, 0.05) is 11.9 Å². The smallest absolute Gasteiger partial charge is 0.271 e. The predicted molar refractivity (Wildman–Crippen MR) is 92.7 cm³/mol. The lowest BCUT2D eigenvalue weighted by molar-refractivity contribution is 0.318. The molecule has 0 saturated heterocycles. The highest BCUT2D eigenvalue weighted by Gasteiger charge is 2.07. The molecule has 3 rings (SSSR count). The van der Waals surface area contributed by atoms with Crippen molar-refractivity contribution in [2.75, 3.05) is 12.5 Å². The third-order valence-corrected chi connectivity index (χ3v) is 3.71. The van der Waals surface area contributed by atoms with E-state index >= 15 is 0 Å². The highest BCUT2D eigenvalue weighted by atomic mass is 35.5. The fourth-order valence-electron chi connectivity index (χ4n) is 2.29. The van der Waals surface area contributed by atoms with Crippen molar-refractivity contribution >= 4 is 11.6 Å². The first-order valence-corrected chi connectivity index (χ1v) is 7.98. The second-order valence-electron chi connectivity index (χ2n) is 5.09. The molecular weight excluding hydrogens is 312 g/mol. The molecule has 0 spiro atoms. The Morgan fingerprint density at radius 3 is 2.48 bits per heavy atom. The van der Waals surface area contributed by atoms with Crippen LogP contribution in [0.3, 0.4) is 0 Å². The van der Waals surface area contributed by atoms with Crippen LogP contribution in [-0.2, 0) is 0 Å². The van der Waals surface area contributed by atoms with Crippen molar-refractivity contribution in [3.05, 3.63) is 71.0 Å². The topological polar surface area (TPSA) is 47.0 Å². The quantitative estimate of drug-likeness (QED) is 0.552. The maximum absolute atomic E-state index is 12.2. The molecule has 1 heterocycles. The van der Waals surface area contributed by atoms with Gasteiger partial charge in [-0.15, -0.1) is 11.6 Å². The molecule has 23 heavy (non-hydrogen) atoms. The number of rotatable bonds is 6. The standard InChI is InChI=1S/C18H17ClN2O2/c19-11-4-12-23-16-9-7-15(8-10-16)21-18(22)13-17(20-21)14-5-2-1-3-6-14/h1-3,5-10,13,20H,4,11-12H2. The van der Waals surface area contributed by atoms with E-state index in [9.17, 15) is 4.79 Å². The Balaban J connectivity index is 1.82. The van der Waals surface area contributed by atoms with Crippen LogP contribution < -0.4 is 10.3 Å². The summed E-state index contributed by atoms with van der Waals surface area (Å²) in [5.41, 5.74) is 2.43. The van der Waals surface area contributed by atoms with Crippen LogP contribution in [0.15, 0.2) is 65.5 Å². The number of alkyl halides is 1. The summed E-state index contributed by atoms with van der Waals surface area (Å²) in [5.74, 6) is 1.35. The molecule has 0 bridgehead atoms. The van der Waals surface area contributed by atoms with Gasteiger partial charge in [-0.25, -0.2) is 4.68 Å². The molecular formula is C18H17ClN2O2. The molecule has 0 aliphatic rings. The van der Waals surface area contributed by atoms with Gasteiger partial charge < -0.3 is 4.74 Å². The molecule has 3 aromatic rings. The van der Waals surface area contributed by atoms with E-state index in [1.807, 2.05) is 54.6 Å². The van der Waals surface area contributed by atoms with Crippen LogP contribution in [0.4, 0.5) is 0 Å². The summed E-state index contributed by atoms with van der Waals surface area (Å²) in [6.45, 7) is 0.587. The van der Waals surface area contributed by atoms with E-state index in [2.05, 4.69) is 5.10 Å². The number of benzene rings is 2. The van der Waals surface area contributed by atoms with E-state index in [0.29, 0.717) is 12.5 Å². The molecule has 4 nitrogen and oxygen atoms in total. The largest absolute Gasteiger partial charge is 0.494 e. The average Bonchev–Trinajstić information content (AvgIpc) is 2.98. The summed E-state index contributed by atoms with van der Waals surface area (Å²) in [6, 6.07) is 18.7. The lowest BCUT2D eigenvalue weighted by Crippen LogP contribution is -2.13. The monoisotopic (exact) mass is 328 g/mol. The zero-order valence-corrected chi connectivity index (χ0v) is 13.3. The van der Waals surface area contributed by atoms with Gasteiger partial charge >= 0.3 is 0 Å². The lowest BCUT2D eigenvalue weighted by atomic mass is 10.2. The number of hydrogen-bond donors (Lipinski definition) is 1. The van der Waals surface area contributed by atoms with E-state index < -0.39 is 0 Å². The summed E-state index contributed by atoms with van der Waals surface area (Å²) >= 11 is 5.62. The lowest BCUT2D eigenvalue weighted by Gasteiger charge is -2.06. The van der Waals surface area contributed by atoms with Crippen LogP contribution in [0, 0.1) is 0 Å². The third kappa shape index (κ3) is 3.66. The highest BCUT2D eigenvalue weighted by molar-refractivity contribution is 6.17.